The lowest BCUT2D eigenvalue weighted by molar-refractivity contribution is -0.311. The van der Waals surface area contributed by atoms with Gasteiger partial charge in [-0.05, 0) is 68.0 Å². The van der Waals surface area contributed by atoms with Crippen LogP contribution in [0.2, 0.25) is 0 Å². The average molecular weight is 720 g/mol. The number of carbonyl (C=O) groups excluding carboxylic acids is 2. The molecule has 18 atom stereocenters. The fourth-order valence-electron chi connectivity index (χ4n) is 7.94. The second kappa shape index (κ2) is 17.2. The summed E-state index contributed by atoms with van der Waals surface area (Å²) in [5, 5.41) is 56.9. The first kappa shape index (κ1) is 43.1. The number of hydrogen-bond acceptors (Lipinski definition) is 14. The highest BCUT2D eigenvalue weighted by Gasteiger charge is 2.51. The molecule has 3 saturated heterocycles. The summed E-state index contributed by atoms with van der Waals surface area (Å²) in [6.45, 7) is 14.8. The van der Waals surface area contributed by atoms with Crippen molar-refractivity contribution in [2.45, 2.75) is 173 Å². The van der Waals surface area contributed by atoms with Gasteiger partial charge in [-0.1, -0.05) is 27.7 Å². The van der Waals surface area contributed by atoms with Crippen molar-refractivity contribution in [1.29, 1.82) is 0 Å². The Hall–Kier alpha value is -1.30. The molecule has 0 aromatic carbocycles. The van der Waals surface area contributed by atoms with E-state index in [2.05, 4.69) is 0 Å². The predicted molar refractivity (Wildman–Crippen MR) is 182 cm³/mol. The van der Waals surface area contributed by atoms with Crippen molar-refractivity contribution in [2.24, 2.45) is 23.7 Å². The number of esters is 1. The van der Waals surface area contributed by atoms with Gasteiger partial charge in [0.15, 0.2) is 12.6 Å². The lowest BCUT2D eigenvalue weighted by atomic mass is 9.77. The Labute approximate surface area is 297 Å². The van der Waals surface area contributed by atoms with Gasteiger partial charge in [0.2, 0.25) is 0 Å². The molecule has 0 aromatic rings. The van der Waals surface area contributed by atoms with E-state index in [0.29, 0.717) is 6.42 Å². The lowest BCUT2D eigenvalue weighted by Gasteiger charge is -2.47. The van der Waals surface area contributed by atoms with Crippen LogP contribution in [0.4, 0.5) is 0 Å². The second-order valence-electron chi connectivity index (χ2n) is 15.8. The SMILES string of the molecule is CCC1OC(=O)[C@H](C)C(O[C@H]2C[C@@](C)(OC)[C@@H](O)[C@H](C)O2)[C@H](C)[C@@H](O[C@@H]2O[C@H](C)C[C@H](N(C)C)[C@H]2O)[C@H](O)C[C@@H](C)C(=O)[C@H](C)[C@@H](O)[C@]1(C)O. The molecule has 0 bridgehead atoms. The van der Waals surface area contributed by atoms with Gasteiger partial charge in [-0.3, -0.25) is 9.59 Å². The van der Waals surface area contributed by atoms with E-state index in [-0.39, 0.29) is 31.4 Å². The molecule has 0 saturated carbocycles. The van der Waals surface area contributed by atoms with Crippen LogP contribution in [-0.4, -0.2) is 148 Å². The van der Waals surface area contributed by atoms with Gasteiger partial charge in [0, 0.05) is 37.3 Å². The minimum atomic E-state index is -1.98. The van der Waals surface area contributed by atoms with Crippen molar-refractivity contribution in [3.63, 3.8) is 0 Å². The van der Waals surface area contributed by atoms with E-state index in [1.807, 2.05) is 25.9 Å². The highest BCUT2D eigenvalue weighted by Crippen LogP contribution is 2.38. The molecule has 5 N–H and O–H groups in total. The molecule has 50 heavy (non-hydrogen) atoms. The first-order valence-electron chi connectivity index (χ1n) is 18.1. The van der Waals surface area contributed by atoms with Crippen molar-refractivity contribution in [2.75, 3.05) is 21.2 Å². The molecule has 0 radical (unpaired) electrons. The molecule has 0 spiro atoms. The minimum absolute atomic E-state index is 0.0997. The highest BCUT2D eigenvalue weighted by atomic mass is 16.7. The van der Waals surface area contributed by atoms with Crippen molar-refractivity contribution in [3.05, 3.63) is 0 Å². The van der Waals surface area contributed by atoms with Crippen molar-refractivity contribution in [3.8, 4) is 0 Å². The molecule has 292 valence electrons. The number of ketones is 1. The normalized spacial score (nSPS) is 49.0. The van der Waals surface area contributed by atoms with Crippen LogP contribution < -0.4 is 0 Å². The number of cyclic esters (lactones) is 1. The summed E-state index contributed by atoms with van der Waals surface area (Å²) < 4.78 is 36.8. The summed E-state index contributed by atoms with van der Waals surface area (Å²) in [5.41, 5.74) is -3.03. The second-order valence-corrected chi connectivity index (χ2v) is 15.8. The van der Waals surface area contributed by atoms with Crippen LogP contribution in [0.25, 0.3) is 0 Å². The molecule has 3 heterocycles. The molecular formula is C36H65NO13. The number of aliphatic hydroxyl groups is 5. The largest absolute Gasteiger partial charge is 0.459 e. The highest BCUT2D eigenvalue weighted by molar-refractivity contribution is 5.83. The molecule has 3 fully saturated rings. The Morgan fingerprint density at radius 2 is 1.50 bits per heavy atom. The van der Waals surface area contributed by atoms with E-state index >= 15 is 0 Å². The van der Waals surface area contributed by atoms with Crippen molar-refractivity contribution < 1.29 is 63.5 Å². The number of ether oxygens (including phenoxy) is 6. The Bertz CT molecular complexity index is 1120. The summed E-state index contributed by atoms with van der Waals surface area (Å²) in [7, 11) is 5.17. The van der Waals surface area contributed by atoms with Gasteiger partial charge in [0.25, 0.3) is 0 Å². The minimum Gasteiger partial charge on any atom is -0.459 e. The van der Waals surface area contributed by atoms with Crippen LogP contribution in [-0.2, 0) is 38.0 Å². The predicted octanol–water partition coefficient (Wildman–Crippen LogP) is 1.40. The molecule has 3 aliphatic rings. The average Bonchev–Trinajstić information content (AvgIpc) is 3.05. The van der Waals surface area contributed by atoms with Crippen LogP contribution in [0.15, 0.2) is 0 Å². The van der Waals surface area contributed by atoms with Crippen LogP contribution in [0.1, 0.15) is 88.0 Å². The first-order valence-corrected chi connectivity index (χ1v) is 18.1. The van der Waals surface area contributed by atoms with E-state index in [0.717, 1.165) is 0 Å². The number of carbonyl (C=O) groups is 2. The van der Waals surface area contributed by atoms with Gasteiger partial charge >= 0.3 is 5.97 Å². The zero-order valence-electron chi connectivity index (χ0n) is 32.0. The summed E-state index contributed by atoms with van der Waals surface area (Å²) in [4.78, 5) is 29.5. The lowest BCUT2D eigenvalue weighted by Crippen LogP contribution is -2.59. The van der Waals surface area contributed by atoms with E-state index in [1.165, 1.54) is 21.0 Å². The molecule has 0 amide bonds. The molecular weight excluding hydrogens is 654 g/mol. The third kappa shape index (κ3) is 9.25. The summed E-state index contributed by atoms with van der Waals surface area (Å²) in [5.74, 6) is -4.87. The van der Waals surface area contributed by atoms with E-state index in [9.17, 15) is 35.1 Å². The summed E-state index contributed by atoms with van der Waals surface area (Å²) >= 11 is 0. The maximum Gasteiger partial charge on any atom is 0.311 e. The van der Waals surface area contributed by atoms with Gasteiger partial charge in [0.05, 0.1) is 48.1 Å². The Kier molecular flexibility index (Phi) is 14.9. The number of nitrogens with zero attached hydrogens (tertiary/aromatic N) is 1. The number of hydrogen-bond donors (Lipinski definition) is 5. The Balaban J connectivity index is 2.13. The van der Waals surface area contributed by atoms with Gasteiger partial charge in [-0.2, -0.15) is 0 Å². The molecule has 3 aliphatic heterocycles. The number of aliphatic hydroxyl groups excluding tert-OH is 4. The van der Waals surface area contributed by atoms with Crippen molar-refractivity contribution >= 4 is 11.8 Å². The molecule has 14 nitrogen and oxygen atoms in total. The fourth-order valence-corrected chi connectivity index (χ4v) is 7.94. The maximum atomic E-state index is 14.0. The maximum absolute atomic E-state index is 14.0. The Morgan fingerprint density at radius 1 is 0.880 bits per heavy atom. The van der Waals surface area contributed by atoms with Gasteiger partial charge in [-0.15, -0.1) is 0 Å². The Morgan fingerprint density at radius 3 is 2.06 bits per heavy atom. The number of methoxy groups -OCH3 is 1. The number of likely N-dealkylation sites (N-methyl/N-ethyl adjacent to an activating group) is 1. The van der Waals surface area contributed by atoms with Crippen LogP contribution in [0.3, 0.4) is 0 Å². The molecule has 2 unspecified atom stereocenters. The van der Waals surface area contributed by atoms with Gasteiger partial charge in [-0.25, -0.2) is 0 Å². The monoisotopic (exact) mass is 719 g/mol. The summed E-state index contributed by atoms with van der Waals surface area (Å²) in [6, 6.07) is -0.312. The standard InChI is InChI=1S/C36H65NO13/c1-13-25-36(9,44)31(41)19(4)27(39)17(2)14-24(38)30(50-34-28(40)23(37(10)11)15-18(3)46-34)20(5)29(21(6)33(43)48-25)49-26-16-35(8,45-12)32(42)22(7)47-26/h17-26,28-32,34,38,40-42,44H,13-16H2,1-12H3/t17-,18-,19+,20+,21-,22+,23+,24-,25?,26+,28-,29?,30-,31-,32+,34+,35-,36-/m1/s1. The summed E-state index contributed by atoms with van der Waals surface area (Å²) in [6.07, 6.45) is -10.8. The molecule has 0 aliphatic carbocycles. The zero-order chi connectivity index (χ0) is 38.0. The van der Waals surface area contributed by atoms with E-state index in [1.54, 1.807) is 41.5 Å². The fraction of sp³-hybridized carbons (Fsp3) is 0.944. The van der Waals surface area contributed by atoms with Crippen LogP contribution >= 0.6 is 0 Å². The number of rotatable bonds is 7. The number of Topliss-reactive ketones (excluding diaryl/α,β-unsaturated/α-hetero) is 1. The molecule has 0 aromatic heterocycles. The van der Waals surface area contributed by atoms with E-state index < -0.39 is 108 Å². The first-order chi connectivity index (χ1) is 23.1. The quantitative estimate of drug-likeness (QED) is 0.237. The third-order valence-electron chi connectivity index (χ3n) is 11.5. The van der Waals surface area contributed by atoms with Gasteiger partial charge in [0.1, 0.15) is 29.7 Å². The topological polar surface area (TPSA) is 194 Å². The molecule has 3 rings (SSSR count). The molecule has 14 heteroatoms. The third-order valence-corrected chi connectivity index (χ3v) is 11.5. The van der Waals surface area contributed by atoms with E-state index in [4.69, 9.17) is 28.4 Å². The smallest absolute Gasteiger partial charge is 0.311 e. The van der Waals surface area contributed by atoms with Crippen molar-refractivity contribution in [1.82, 2.24) is 4.90 Å². The zero-order valence-corrected chi connectivity index (χ0v) is 32.0. The van der Waals surface area contributed by atoms with Crippen LogP contribution in [0, 0.1) is 23.7 Å². The van der Waals surface area contributed by atoms with Crippen LogP contribution in [0.5, 0.6) is 0 Å². The van der Waals surface area contributed by atoms with Gasteiger partial charge < -0.3 is 58.9 Å².